The van der Waals surface area contributed by atoms with E-state index >= 15 is 0 Å². The number of nitrogens with zero attached hydrogens (tertiary/aromatic N) is 2. The Balaban J connectivity index is 2.04. The van der Waals surface area contributed by atoms with E-state index in [0.29, 0.717) is 22.5 Å². The third-order valence-corrected chi connectivity index (χ3v) is 3.48. The normalized spacial score (nSPS) is 15.3. The fraction of sp³-hybridized carbons (Fsp3) is 0.133. The Morgan fingerprint density at radius 3 is 2.55 bits per heavy atom. The summed E-state index contributed by atoms with van der Waals surface area (Å²) in [5.41, 5.74) is 7.46. The molecule has 20 heavy (non-hydrogen) atoms. The number of hydrogen-bond acceptors (Lipinski definition) is 4. The van der Waals surface area contributed by atoms with E-state index in [2.05, 4.69) is 4.98 Å². The van der Waals surface area contributed by atoms with Crippen molar-refractivity contribution in [3.63, 3.8) is 0 Å². The van der Waals surface area contributed by atoms with E-state index < -0.39 is 6.04 Å². The van der Waals surface area contributed by atoms with Gasteiger partial charge in [-0.2, -0.15) is 0 Å². The highest BCUT2D eigenvalue weighted by molar-refractivity contribution is 6.23. The van der Waals surface area contributed by atoms with Crippen molar-refractivity contribution >= 4 is 17.5 Å². The molecule has 5 nitrogen and oxygen atoms in total. The van der Waals surface area contributed by atoms with E-state index in [1.54, 1.807) is 43.5 Å². The standard InChI is InChI=1S/C15H13N3O2/c1-9(12-7-2-3-8-17-12)18-14(19)10-5-4-6-11(16)13(10)15(18)20/h2-9H,16H2,1H3. The molecular formula is C15H13N3O2. The van der Waals surface area contributed by atoms with Gasteiger partial charge in [0.15, 0.2) is 0 Å². The maximum Gasteiger partial charge on any atom is 0.264 e. The Morgan fingerprint density at radius 1 is 1.10 bits per heavy atom. The third kappa shape index (κ3) is 1.67. The first-order chi connectivity index (χ1) is 9.61. The van der Waals surface area contributed by atoms with Gasteiger partial charge >= 0.3 is 0 Å². The molecule has 2 amide bonds. The van der Waals surface area contributed by atoms with Crippen LogP contribution in [0.3, 0.4) is 0 Å². The minimum Gasteiger partial charge on any atom is -0.398 e. The average Bonchev–Trinajstić information content (AvgIpc) is 2.72. The number of fused-ring (bicyclic) bond motifs is 1. The third-order valence-electron chi connectivity index (χ3n) is 3.48. The van der Waals surface area contributed by atoms with E-state index in [9.17, 15) is 9.59 Å². The lowest BCUT2D eigenvalue weighted by Crippen LogP contribution is -2.33. The highest BCUT2D eigenvalue weighted by atomic mass is 16.2. The van der Waals surface area contributed by atoms with Crippen LogP contribution < -0.4 is 5.73 Å². The van der Waals surface area contributed by atoms with Crippen LogP contribution >= 0.6 is 0 Å². The van der Waals surface area contributed by atoms with Crippen molar-refractivity contribution in [3.05, 3.63) is 59.4 Å². The number of carbonyl (C=O) groups is 2. The Morgan fingerprint density at radius 2 is 1.90 bits per heavy atom. The summed E-state index contributed by atoms with van der Waals surface area (Å²) in [4.78, 5) is 30.2. The van der Waals surface area contributed by atoms with E-state index in [1.165, 1.54) is 4.90 Å². The van der Waals surface area contributed by atoms with Crippen LogP contribution in [0.1, 0.15) is 39.4 Å². The van der Waals surface area contributed by atoms with Crippen molar-refractivity contribution in [2.75, 3.05) is 5.73 Å². The van der Waals surface area contributed by atoms with E-state index in [1.807, 2.05) is 6.07 Å². The van der Waals surface area contributed by atoms with Crippen LogP contribution in [0.25, 0.3) is 0 Å². The zero-order valence-electron chi connectivity index (χ0n) is 10.9. The minimum atomic E-state index is -0.428. The van der Waals surface area contributed by atoms with Gasteiger partial charge in [0.25, 0.3) is 11.8 Å². The smallest absolute Gasteiger partial charge is 0.264 e. The van der Waals surface area contributed by atoms with Crippen molar-refractivity contribution < 1.29 is 9.59 Å². The number of carbonyl (C=O) groups excluding carboxylic acids is 2. The predicted molar refractivity (Wildman–Crippen MR) is 74.0 cm³/mol. The largest absolute Gasteiger partial charge is 0.398 e. The molecule has 1 unspecified atom stereocenters. The quantitative estimate of drug-likeness (QED) is 0.667. The minimum absolute atomic E-state index is 0.292. The Bertz CT molecular complexity index is 698. The summed E-state index contributed by atoms with van der Waals surface area (Å²) in [6.45, 7) is 1.78. The highest BCUT2D eigenvalue weighted by Gasteiger charge is 2.40. The second-order valence-corrected chi connectivity index (χ2v) is 4.68. The van der Waals surface area contributed by atoms with E-state index in [0.717, 1.165) is 0 Å². The number of nitrogens with two attached hydrogens (primary N) is 1. The molecule has 5 heteroatoms. The number of amides is 2. The molecule has 2 N–H and O–H groups in total. The van der Waals surface area contributed by atoms with Crippen molar-refractivity contribution in [1.29, 1.82) is 0 Å². The first kappa shape index (κ1) is 12.3. The fourth-order valence-electron chi connectivity index (χ4n) is 2.44. The highest BCUT2D eigenvalue weighted by Crippen LogP contribution is 2.33. The summed E-state index contributed by atoms with van der Waals surface area (Å²) in [5, 5.41) is 0. The molecule has 3 rings (SSSR count). The van der Waals surface area contributed by atoms with Crippen LogP contribution in [0.5, 0.6) is 0 Å². The van der Waals surface area contributed by atoms with Crippen LogP contribution in [0.15, 0.2) is 42.6 Å². The summed E-state index contributed by atoms with van der Waals surface area (Å²) >= 11 is 0. The zero-order valence-corrected chi connectivity index (χ0v) is 10.9. The first-order valence-electron chi connectivity index (χ1n) is 6.28. The molecular weight excluding hydrogens is 254 g/mol. The molecule has 0 bridgehead atoms. The second kappa shape index (κ2) is 4.45. The molecule has 1 aliphatic heterocycles. The molecule has 1 aliphatic rings. The van der Waals surface area contributed by atoms with Crippen LogP contribution in [0, 0.1) is 0 Å². The van der Waals surface area contributed by atoms with Gasteiger partial charge in [0.2, 0.25) is 0 Å². The van der Waals surface area contributed by atoms with Gasteiger partial charge < -0.3 is 5.73 Å². The maximum absolute atomic E-state index is 12.4. The lowest BCUT2D eigenvalue weighted by Gasteiger charge is -2.21. The molecule has 0 spiro atoms. The summed E-state index contributed by atoms with van der Waals surface area (Å²) in [7, 11) is 0. The zero-order chi connectivity index (χ0) is 14.3. The number of benzene rings is 1. The van der Waals surface area contributed by atoms with Crippen LogP contribution in [0.4, 0.5) is 5.69 Å². The van der Waals surface area contributed by atoms with Crippen molar-refractivity contribution in [2.24, 2.45) is 0 Å². The first-order valence-corrected chi connectivity index (χ1v) is 6.28. The maximum atomic E-state index is 12.4. The van der Waals surface area contributed by atoms with E-state index in [4.69, 9.17) is 5.73 Å². The van der Waals surface area contributed by atoms with Gasteiger partial charge in [-0.05, 0) is 31.2 Å². The van der Waals surface area contributed by atoms with Gasteiger partial charge in [-0.1, -0.05) is 12.1 Å². The second-order valence-electron chi connectivity index (χ2n) is 4.68. The number of rotatable bonds is 2. The molecule has 1 aromatic heterocycles. The Kier molecular flexibility index (Phi) is 2.75. The van der Waals surface area contributed by atoms with Crippen LogP contribution in [0.2, 0.25) is 0 Å². The topological polar surface area (TPSA) is 76.3 Å². The van der Waals surface area contributed by atoms with Gasteiger partial charge in [0.1, 0.15) is 0 Å². The van der Waals surface area contributed by atoms with Crippen molar-refractivity contribution in [1.82, 2.24) is 9.88 Å². The summed E-state index contributed by atoms with van der Waals surface area (Å²) in [5.74, 6) is -0.684. The fourth-order valence-corrected chi connectivity index (χ4v) is 2.44. The van der Waals surface area contributed by atoms with E-state index in [-0.39, 0.29) is 11.8 Å². The monoisotopic (exact) mass is 267 g/mol. The predicted octanol–water partition coefficient (Wildman–Crippen LogP) is 2.02. The van der Waals surface area contributed by atoms with Gasteiger partial charge in [-0.15, -0.1) is 0 Å². The summed E-state index contributed by atoms with van der Waals surface area (Å²) in [6.07, 6.45) is 1.64. The molecule has 1 atom stereocenters. The molecule has 0 saturated carbocycles. The molecule has 0 radical (unpaired) electrons. The Hall–Kier alpha value is -2.69. The van der Waals surface area contributed by atoms with Crippen molar-refractivity contribution in [2.45, 2.75) is 13.0 Å². The van der Waals surface area contributed by atoms with Gasteiger partial charge in [-0.3, -0.25) is 19.5 Å². The Labute approximate surface area is 116 Å². The molecule has 0 fully saturated rings. The summed E-state index contributed by atoms with van der Waals surface area (Å²) in [6, 6.07) is 9.90. The van der Waals surface area contributed by atoms with Crippen LogP contribution in [-0.2, 0) is 0 Å². The average molecular weight is 267 g/mol. The number of pyridine rings is 1. The van der Waals surface area contributed by atoms with Gasteiger partial charge in [0.05, 0.1) is 22.9 Å². The number of hydrogen-bond donors (Lipinski definition) is 1. The summed E-state index contributed by atoms with van der Waals surface area (Å²) < 4.78 is 0. The molecule has 100 valence electrons. The molecule has 1 aromatic carbocycles. The van der Waals surface area contributed by atoms with Gasteiger partial charge in [-0.25, -0.2) is 0 Å². The molecule has 2 heterocycles. The molecule has 0 aliphatic carbocycles. The van der Waals surface area contributed by atoms with Gasteiger partial charge in [0, 0.05) is 11.9 Å². The molecule has 2 aromatic rings. The SMILES string of the molecule is CC(c1ccccn1)N1C(=O)c2cccc(N)c2C1=O. The van der Waals surface area contributed by atoms with Crippen molar-refractivity contribution in [3.8, 4) is 0 Å². The number of nitrogen functional groups attached to an aromatic ring is 1. The molecule has 0 saturated heterocycles. The lowest BCUT2D eigenvalue weighted by molar-refractivity contribution is 0.0592. The number of imide groups is 1. The number of anilines is 1. The van der Waals surface area contributed by atoms with Crippen LogP contribution in [-0.4, -0.2) is 21.7 Å². The lowest BCUT2D eigenvalue weighted by atomic mass is 10.1. The number of aromatic nitrogens is 1.